The van der Waals surface area contributed by atoms with Gasteiger partial charge in [0.2, 0.25) is 0 Å². The lowest BCUT2D eigenvalue weighted by molar-refractivity contribution is -0.139. The minimum Gasteiger partial charge on any atom is -0.479 e. The number of rotatable bonds is 4. The fourth-order valence-electron chi connectivity index (χ4n) is 1.57. The van der Waals surface area contributed by atoms with E-state index >= 15 is 0 Å². The average Bonchev–Trinajstić information content (AvgIpc) is 2.89. The number of benzene rings is 1. The first kappa shape index (κ1) is 13.1. The molecule has 0 fully saturated rings. The van der Waals surface area contributed by atoms with E-state index in [0.717, 1.165) is 0 Å². The van der Waals surface area contributed by atoms with Gasteiger partial charge in [0.05, 0.1) is 5.69 Å². The van der Waals surface area contributed by atoms with E-state index in [9.17, 15) is 9.59 Å². The van der Waals surface area contributed by atoms with E-state index in [2.05, 4.69) is 10.6 Å². The number of aliphatic carboxylic acids is 1. The number of amides is 2. The molecule has 0 unspecified atom stereocenters. The molecule has 0 saturated heterocycles. The molecule has 0 aliphatic carbocycles. The lowest BCUT2D eigenvalue weighted by atomic mass is 10.1. The maximum atomic E-state index is 11.7. The van der Waals surface area contributed by atoms with Gasteiger partial charge in [0, 0.05) is 5.38 Å². The van der Waals surface area contributed by atoms with Crippen LogP contribution in [0.5, 0.6) is 0 Å². The Morgan fingerprint density at radius 2 is 1.89 bits per heavy atom. The van der Waals surface area contributed by atoms with Crippen molar-refractivity contribution in [1.29, 1.82) is 0 Å². The van der Waals surface area contributed by atoms with E-state index in [-0.39, 0.29) is 0 Å². The molecule has 1 aromatic heterocycles. The Labute approximate surface area is 113 Å². The molecule has 2 aromatic rings. The number of carbonyl (C=O) groups is 2. The summed E-state index contributed by atoms with van der Waals surface area (Å²) in [6.07, 6.45) is 0. The average molecular weight is 276 g/mol. The van der Waals surface area contributed by atoms with Crippen LogP contribution in [0.4, 0.5) is 10.5 Å². The number of anilines is 1. The largest absolute Gasteiger partial charge is 0.479 e. The summed E-state index contributed by atoms with van der Waals surface area (Å²) >= 11 is 1.44. The van der Waals surface area contributed by atoms with Gasteiger partial charge in [-0.05, 0) is 17.0 Å². The van der Waals surface area contributed by atoms with Gasteiger partial charge in [0.15, 0.2) is 6.04 Å². The van der Waals surface area contributed by atoms with E-state index in [1.165, 1.54) is 11.3 Å². The third kappa shape index (κ3) is 3.56. The summed E-state index contributed by atoms with van der Waals surface area (Å²) in [6.45, 7) is 0. The van der Waals surface area contributed by atoms with Crippen LogP contribution in [0.15, 0.2) is 47.2 Å². The Bertz CT molecular complexity index is 555. The molecule has 1 aromatic carbocycles. The van der Waals surface area contributed by atoms with Gasteiger partial charge in [0.25, 0.3) is 0 Å². The maximum absolute atomic E-state index is 11.7. The molecule has 0 radical (unpaired) electrons. The second kappa shape index (κ2) is 6.01. The SMILES string of the molecule is O=C(Nc1ccsc1)N[C@H](C(=O)O)c1ccccc1. The van der Waals surface area contributed by atoms with Gasteiger partial charge in [0.1, 0.15) is 0 Å². The summed E-state index contributed by atoms with van der Waals surface area (Å²) in [5.41, 5.74) is 1.16. The molecular formula is C13H12N2O3S. The number of thiophene rings is 1. The summed E-state index contributed by atoms with van der Waals surface area (Å²) < 4.78 is 0. The molecule has 2 rings (SSSR count). The molecule has 0 aliphatic heterocycles. The number of carboxylic acid groups (broad SMARTS) is 1. The second-order valence-corrected chi connectivity index (χ2v) is 4.57. The van der Waals surface area contributed by atoms with Crippen LogP contribution in [0.2, 0.25) is 0 Å². The highest BCUT2D eigenvalue weighted by Crippen LogP contribution is 2.14. The highest BCUT2D eigenvalue weighted by atomic mass is 32.1. The normalized spacial score (nSPS) is 11.6. The highest BCUT2D eigenvalue weighted by Gasteiger charge is 2.21. The highest BCUT2D eigenvalue weighted by molar-refractivity contribution is 7.08. The smallest absolute Gasteiger partial charge is 0.330 e. The van der Waals surface area contributed by atoms with Gasteiger partial charge >= 0.3 is 12.0 Å². The molecule has 1 heterocycles. The Hall–Kier alpha value is -2.34. The fraction of sp³-hybridized carbons (Fsp3) is 0.0769. The first-order chi connectivity index (χ1) is 9.16. The zero-order valence-corrected chi connectivity index (χ0v) is 10.7. The standard InChI is InChI=1S/C13H12N2O3S/c16-12(17)11(9-4-2-1-3-5-9)15-13(18)14-10-6-7-19-8-10/h1-8,11H,(H,16,17)(H2,14,15,18)/t11-/m0/s1. The predicted molar refractivity (Wildman–Crippen MR) is 73.3 cm³/mol. The molecule has 2 amide bonds. The van der Waals surface area contributed by atoms with E-state index in [1.807, 2.05) is 5.38 Å². The summed E-state index contributed by atoms with van der Waals surface area (Å²) in [5.74, 6) is -1.10. The van der Waals surface area contributed by atoms with E-state index in [0.29, 0.717) is 11.3 Å². The van der Waals surface area contributed by atoms with Crippen LogP contribution in [-0.4, -0.2) is 17.1 Å². The molecule has 3 N–H and O–H groups in total. The number of carboxylic acids is 1. The molecule has 0 bridgehead atoms. The van der Waals surface area contributed by atoms with E-state index in [4.69, 9.17) is 5.11 Å². The van der Waals surface area contributed by atoms with Gasteiger partial charge in [-0.3, -0.25) is 0 Å². The van der Waals surface area contributed by atoms with Gasteiger partial charge < -0.3 is 15.7 Å². The van der Waals surface area contributed by atoms with Crippen LogP contribution in [0.3, 0.4) is 0 Å². The minimum atomic E-state index is -1.10. The molecule has 98 valence electrons. The number of hydrogen-bond acceptors (Lipinski definition) is 3. The third-order valence-electron chi connectivity index (χ3n) is 2.43. The molecule has 1 atom stereocenters. The fourth-order valence-corrected chi connectivity index (χ4v) is 2.15. The van der Waals surface area contributed by atoms with Crippen molar-refractivity contribution < 1.29 is 14.7 Å². The van der Waals surface area contributed by atoms with Crippen molar-refractivity contribution in [2.24, 2.45) is 0 Å². The molecule has 6 heteroatoms. The molecule has 0 spiro atoms. The van der Waals surface area contributed by atoms with Crippen molar-refractivity contribution in [3.8, 4) is 0 Å². The van der Waals surface area contributed by atoms with E-state index in [1.54, 1.807) is 41.8 Å². The van der Waals surface area contributed by atoms with Crippen molar-refractivity contribution >= 4 is 29.0 Å². The first-order valence-electron chi connectivity index (χ1n) is 5.54. The Balaban J connectivity index is 2.05. The van der Waals surface area contributed by atoms with Gasteiger partial charge in [-0.15, -0.1) is 0 Å². The zero-order chi connectivity index (χ0) is 13.7. The van der Waals surface area contributed by atoms with Crippen LogP contribution in [-0.2, 0) is 4.79 Å². The zero-order valence-electron chi connectivity index (χ0n) is 9.87. The van der Waals surface area contributed by atoms with Gasteiger partial charge in [-0.2, -0.15) is 11.3 Å². The van der Waals surface area contributed by atoms with Gasteiger partial charge in [-0.1, -0.05) is 30.3 Å². The lowest BCUT2D eigenvalue weighted by Gasteiger charge is -2.15. The quantitative estimate of drug-likeness (QED) is 0.803. The third-order valence-corrected chi connectivity index (χ3v) is 3.12. The van der Waals surface area contributed by atoms with Crippen molar-refractivity contribution in [1.82, 2.24) is 5.32 Å². The minimum absolute atomic E-state index is 0.524. The summed E-state index contributed by atoms with van der Waals surface area (Å²) in [7, 11) is 0. The Morgan fingerprint density at radius 1 is 1.16 bits per heavy atom. The van der Waals surface area contributed by atoms with Crippen LogP contribution >= 0.6 is 11.3 Å². The predicted octanol–water partition coefficient (Wildman–Crippen LogP) is 2.70. The van der Waals surface area contributed by atoms with Crippen molar-refractivity contribution in [3.63, 3.8) is 0 Å². The van der Waals surface area contributed by atoms with E-state index < -0.39 is 18.0 Å². The van der Waals surface area contributed by atoms with Crippen molar-refractivity contribution in [2.75, 3.05) is 5.32 Å². The Morgan fingerprint density at radius 3 is 2.47 bits per heavy atom. The van der Waals surface area contributed by atoms with Crippen LogP contribution in [0.25, 0.3) is 0 Å². The summed E-state index contributed by atoms with van der Waals surface area (Å²) in [4.78, 5) is 22.9. The number of hydrogen-bond donors (Lipinski definition) is 3. The number of carbonyl (C=O) groups excluding carboxylic acids is 1. The summed E-state index contributed by atoms with van der Waals surface area (Å²) in [6, 6.07) is 8.67. The molecule has 0 saturated carbocycles. The molecular weight excluding hydrogens is 264 g/mol. The summed E-state index contributed by atoms with van der Waals surface area (Å²) in [5, 5.41) is 17.7. The lowest BCUT2D eigenvalue weighted by Crippen LogP contribution is -2.36. The number of nitrogens with one attached hydrogen (secondary N) is 2. The van der Waals surface area contributed by atoms with Crippen molar-refractivity contribution in [2.45, 2.75) is 6.04 Å². The van der Waals surface area contributed by atoms with Gasteiger partial charge in [-0.25, -0.2) is 9.59 Å². The second-order valence-electron chi connectivity index (χ2n) is 3.79. The van der Waals surface area contributed by atoms with Crippen LogP contribution in [0.1, 0.15) is 11.6 Å². The van der Waals surface area contributed by atoms with Crippen LogP contribution in [0, 0.1) is 0 Å². The van der Waals surface area contributed by atoms with Crippen LogP contribution < -0.4 is 10.6 Å². The molecule has 0 aliphatic rings. The maximum Gasteiger partial charge on any atom is 0.330 e. The first-order valence-corrected chi connectivity index (χ1v) is 6.48. The van der Waals surface area contributed by atoms with Crippen molar-refractivity contribution in [3.05, 3.63) is 52.7 Å². The molecule has 5 nitrogen and oxygen atoms in total. The topological polar surface area (TPSA) is 78.4 Å². The molecule has 19 heavy (non-hydrogen) atoms. The Kier molecular flexibility index (Phi) is 4.15. The number of urea groups is 1. The monoisotopic (exact) mass is 276 g/mol.